The van der Waals surface area contributed by atoms with Gasteiger partial charge in [-0.25, -0.2) is 8.42 Å². The first kappa shape index (κ1) is 26.4. The summed E-state index contributed by atoms with van der Waals surface area (Å²) >= 11 is 6.09. The zero-order valence-corrected chi connectivity index (χ0v) is 20.7. The van der Waals surface area contributed by atoms with Gasteiger partial charge in [0.25, 0.3) is 10.0 Å². The molecule has 10 heteroatoms. The Bertz CT molecular complexity index is 1360. The average Bonchev–Trinajstić information content (AvgIpc) is 2.81. The number of carbonyl (C=O) groups excluding carboxylic acids is 1. The molecule has 4 N–H and O–H groups in total. The van der Waals surface area contributed by atoms with Gasteiger partial charge in [-0.05, 0) is 60.4 Å². The summed E-state index contributed by atoms with van der Waals surface area (Å²) in [6.07, 6.45) is 0. The van der Waals surface area contributed by atoms with E-state index in [1.54, 1.807) is 62.4 Å². The van der Waals surface area contributed by atoms with Crippen molar-refractivity contribution in [2.24, 2.45) is 0 Å². The van der Waals surface area contributed by atoms with E-state index < -0.39 is 28.6 Å². The van der Waals surface area contributed by atoms with E-state index in [-0.39, 0.29) is 17.2 Å². The number of sulfonamides is 1. The van der Waals surface area contributed by atoms with E-state index in [0.717, 1.165) is 11.1 Å². The van der Waals surface area contributed by atoms with Crippen molar-refractivity contribution >= 4 is 39.1 Å². The fourth-order valence-electron chi connectivity index (χ4n) is 3.41. The molecule has 0 fully saturated rings. The van der Waals surface area contributed by atoms with Crippen molar-refractivity contribution in [1.82, 2.24) is 5.32 Å². The molecule has 35 heavy (non-hydrogen) atoms. The highest BCUT2D eigenvalue weighted by molar-refractivity contribution is 7.92. The number of rotatable bonds is 10. The van der Waals surface area contributed by atoms with E-state index in [0.29, 0.717) is 27.4 Å². The van der Waals surface area contributed by atoms with Gasteiger partial charge >= 0.3 is 5.97 Å². The van der Waals surface area contributed by atoms with Gasteiger partial charge in [-0.1, -0.05) is 48.0 Å². The fraction of sp³-hybridized carbons (Fsp3) is 0.200. The molecule has 3 aromatic carbocycles. The number of ketones is 1. The Morgan fingerprint density at radius 3 is 2.29 bits per heavy atom. The summed E-state index contributed by atoms with van der Waals surface area (Å²) in [6.45, 7) is 2.56. The summed E-state index contributed by atoms with van der Waals surface area (Å²) in [4.78, 5) is 23.4. The van der Waals surface area contributed by atoms with Gasteiger partial charge in [0.05, 0.1) is 18.0 Å². The molecule has 0 aromatic heterocycles. The molecule has 0 aliphatic heterocycles. The zero-order valence-electron chi connectivity index (χ0n) is 19.1. The summed E-state index contributed by atoms with van der Waals surface area (Å²) in [6, 6.07) is 15.4. The van der Waals surface area contributed by atoms with Crippen LogP contribution in [0.3, 0.4) is 0 Å². The quantitative estimate of drug-likeness (QED) is 0.302. The van der Waals surface area contributed by atoms with Crippen LogP contribution < -0.4 is 10.0 Å². The molecule has 1 atom stereocenters. The second-order valence-corrected chi connectivity index (χ2v) is 10.1. The lowest BCUT2D eigenvalue weighted by Gasteiger charge is -2.13. The van der Waals surface area contributed by atoms with E-state index in [4.69, 9.17) is 21.8 Å². The Labute approximate surface area is 208 Å². The van der Waals surface area contributed by atoms with Crippen LogP contribution in [0.2, 0.25) is 5.02 Å². The van der Waals surface area contributed by atoms with Crippen molar-refractivity contribution in [3.05, 3.63) is 82.4 Å². The minimum atomic E-state index is -3.84. The standard InChI is InChI=1S/C25H25ClN2O6S/c1-15-11-24(16(2)10-21(15)26)35(33,34)28-20-5-3-4-19(12-20)17-6-8-18(9-7-17)23(30)13-27-22(14-29)25(31)32/h3-12,22,27-29H,13-14H2,1-2H3,(H,31,32)/t22-/m1/s1. The summed E-state index contributed by atoms with van der Waals surface area (Å²) in [5.74, 6) is -1.57. The van der Waals surface area contributed by atoms with Gasteiger partial charge in [0.2, 0.25) is 0 Å². The number of anilines is 1. The third kappa shape index (κ3) is 6.46. The highest BCUT2D eigenvalue weighted by Crippen LogP contribution is 2.28. The van der Waals surface area contributed by atoms with Crippen LogP contribution in [0.4, 0.5) is 5.69 Å². The first-order chi connectivity index (χ1) is 16.5. The third-order valence-electron chi connectivity index (χ3n) is 5.39. The highest BCUT2D eigenvalue weighted by atomic mass is 35.5. The molecule has 0 unspecified atom stereocenters. The van der Waals surface area contributed by atoms with Gasteiger partial charge in [-0.2, -0.15) is 0 Å². The molecule has 0 heterocycles. The summed E-state index contributed by atoms with van der Waals surface area (Å²) in [7, 11) is -3.84. The normalized spacial score (nSPS) is 12.2. The largest absolute Gasteiger partial charge is 0.480 e. The molecule has 0 bridgehead atoms. The lowest BCUT2D eigenvalue weighted by atomic mass is 10.0. The molecule has 0 radical (unpaired) electrons. The molecular formula is C25H25ClN2O6S. The van der Waals surface area contributed by atoms with Crippen LogP contribution in [0.5, 0.6) is 0 Å². The lowest BCUT2D eigenvalue weighted by molar-refractivity contribution is -0.140. The van der Waals surface area contributed by atoms with Crippen molar-refractivity contribution in [3.63, 3.8) is 0 Å². The summed E-state index contributed by atoms with van der Waals surface area (Å²) in [5.41, 5.74) is 3.43. The number of aliphatic carboxylic acids is 1. The molecule has 0 saturated carbocycles. The van der Waals surface area contributed by atoms with E-state index in [1.165, 1.54) is 6.07 Å². The van der Waals surface area contributed by atoms with Crippen LogP contribution in [0.1, 0.15) is 21.5 Å². The number of hydrogen-bond acceptors (Lipinski definition) is 6. The van der Waals surface area contributed by atoms with Crippen molar-refractivity contribution in [2.45, 2.75) is 24.8 Å². The number of carboxylic acid groups (broad SMARTS) is 1. The molecule has 0 aliphatic rings. The smallest absolute Gasteiger partial charge is 0.323 e. The van der Waals surface area contributed by atoms with Gasteiger partial charge in [0, 0.05) is 16.3 Å². The molecule has 0 amide bonds. The van der Waals surface area contributed by atoms with E-state index in [2.05, 4.69) is 10.0 Å². The molecule has 184 valence electrons. The first-order valence-corrected chi connectivity index (χ1v) is 12.5. The first-order valence-electron chi connectivity index (χ1n) is 10.6. The number of nitrogens with one attached hydrogen (secondary N) is 2. The van der Waals surface area contributed by atoms with Crippen LogP contribution >= 0.6 is 11.6 Å². The van der Waals surface area contributed by atoms with Crippen LogP contribution in [0.15, 0.2) is 65.6 Å². The molecule has 0 spiro atoms. The second kappa shape index (κ2) is 11.0. The molecule has 3 rings (SSSR count). The monoisotopic (exact) mass is 516 g/mol. The maximum absolute atomic E-state index is 13.0. The number of aliphatic hydroxyl groups is 1. The number of aliphatic hydroxyl groups excluding tert-OH is 1. The van der Waals surface area contributed by atoms with Gasteiger partial charge in [0.1, 0.15) is 6.04 Å². The van der Waals surface area contributed by atoms with E-state index in [9.17, 15) is 18.0 Å². The number of hydrogen-bond donors (Lipinski definition) is 4. The Morgan fingerprint density at radius 1 is 0.971 bits per heavy atom. The van der Waals surface area contributed by atoms with E-state index >= 15 is 0 Å². The van der Waals surface area contributed by atoms with Crippen LogP contribution in [-0.2, 0) is 14.8 Å². The molecule has 3 aromatic rings. The minimum Gasteiger partial charge on any atom is -0.480 e. The number of aryl methyl sites for hydroxylation is 2. The summed E-state index contributed by atoms with van der Waals surface area (Å²) < 4.78 is 28.6. The predicted octanol–water partition coefficient (Wildman–Crippen LogP) is 3.64. The average molecular weight is 517 g/mol. The topological polar surface area (TPSA) is 133 Å². The van der Waals surface area contributed by atoms with Gasteiger partial charge in [-0.15, -0.1) is 0 Å². The van der Waals surface area contributed by atoms with Gasteiger partial charge in [-0.3, -0.25) is 19.6 Å². The lowest BCUT2D eigenvalue weighted by Crippen LogP contribution is -2.42. The Balaban J connectivity index is 1.76. The van der Waals surface area contributed by atoms with Crippen LogP contribution in [0.25, 0.3) is 11.1 Å². The summed E-state index contributed by atoms with van der Waals surface area (Å²) in [5, 5.41) is 21.0. The zero-order chi connectivity index (χ0) is 25.8. The van der Waals surface area contributed by atoms with Crippen molar-refractivity contribution in [1.29, 1.82) is 0 Å². The van der Waals surface area contributed by atoms with Gasteiger partial charge in [0.15, 0.2) is 5.78 Å². The van der Waals surface area contributed by atoms with Crippen molar-refractivity contribution in [3.8, 4) is 11.1 Å². The molecule has 0 saturated heterocycles. The number of Topliss-reactive ketones (excluding diaryl/α,β-unsaturated/α-hetero) is 1. The minimum absolute atomic E-state index is 0.146. The maximum atomic E-state index is 13.0. The van der Waals surface area contributed by atoms with E-state index in [1.807, 2.05) is 6.07 Å². The predicted molar refractivity (Wildman–Crippen MR) is 134 cm³/mol. The molecule has 8 nitrogen and oxygen atoms in total. The highest BCUT2D eigenvalue weighted by Gasteiger charge is 2.19. The Kier molecular flexibility index (Phi) is 8.29. The number of benzene rings is 3. The Hall–Kier alpha value is -3.24. The van der Waals surface area contributed by atoms with Crippen LogP contribution in [0, 0.1) is 13.8 Å². The van der Waals surface area contributed by atoms with Crippen molar-refractivity contribution in [2.75, 3.05) is 17.9 Å². The van der Waals surface area contributed by atoms with Gasteiger partial charge < -0.3 is 10.2 Å². The number of halogens is 1. The number of carboxylic acids is 1. The van der Waals surface area contributed by atoms with Crippen molar-refractivity contribution < 1.29 is 28.2 Å². The van der Waals surface area contributed by atoms with Crippen LogP contribution in [-0.4, -0.2) is 49.6 Å². The molecule has 0 aliphatic carbocycles. The SMILES string of the molecule is Cc1cc(S(=O)(=O)Nc2cccc(-c3ccc(C(=O)CN[C@H](CO)C(=O)O)cc3)c2)c(C)cc1Cl. The third-order valence-corrected chi connectivity index (χ3v) is 7.32. The molecular weight excluding hydrogens is 492 g/mol. The second-order valence-electron chi connectivity index (χ2n) is 8.01. The Morgan fingerprint density at radius 2 is 1.66 bits per heavy atom. The maximum Gasteiger partial charge on any atom is 0.323 e. The number of carbonyl (C=O) groups is 2. The fourth-order valence-corrected chi connectivity index (χ4v) is 4.99.